The van der Waals surface area contributed by atoms with Crippen LogP contribution in [-0.4, -0.2) is 37.6 Å². The minimum atomic E-state index is -0.223. The molecule has 0 aromatic heterocycles. The first-order chi connectivity index (χ1) is 12.6. The number of ether oxygens (including phenoxy) is 2. The van der Waals surface area contributed by atoms with Gasteiger partial charge in [0.15, 0.2) is 0 Å². The zero-order valence-electron chi connectivity index (χ0n) is 15.2. The van der Waals surface area contributed by atoms with Crippen LogP contribution < -0.4 is 4.74 Å². The van der Waals surface area contributed by atoms with Crippen LogP contribution in [0.2, 0.25) is 0 Å². The van der Waals surface area contributed by atoms with Gasteiger partial charge in [-0.2, -0.15) is 5.26 Å². The van der Waals surface area contributed by atoms with Crippen LogP contribution in [0.5, 0.6) is 5.75 Å². The van der Waals surface area contributed by atoms with Crippen LogP contribution in [0, 0.1) is 11.3 Å². The summed E-state index contributed by atoms with van der Waals surface area (Å²) in [5.74, 6) is 0.491. The lowest BCUT2D eigenvalue weighted by molar-refractivity contribution is -0.144. The number of nitriles is 1. The van der Waals surface area contributed by atoms with E-state index in [2.05, 4.69) is 6.07 Å². The van der Waals surface area contributed by atoms with Gasteiger partial charge < -0.3 is 9.47 Å². The molecule has 2 aromatic carbocycles. The molecule has 0 radical (unpaired) electrons. The Kier molecular flexibility index (Phi) is 7.66. The molecule has 5 nitrogen and oxygen atoms in total. The highest BCUT2D eigenvalue weighted by molar-refractivity contribution is 5.71. The number of carbonyl (C=O) groups is 1. The van der Waals surface area contributed by atoms with Gasteiger partial charge in [0.05, 0.1) is 24.8 Å². The zero-order chi connectivity index (χ0) is 18.8. The number of esters is 1. The molecule has 2 rings (SSSR count). The van der Waals surface area contributed by atoms with Crippen molar-refractivity contribution in [3.63, 3.8) is 0 Å². The van der Waals surface area contributed by atoms with Crippen LogP contribution in [0.4, 0.5) is 0 Å². The molecule has 136 valence electrons. The van der Waals surface area contributed by atoms with E-state index in [-0.39, 0.29) is 18.6 Å². The predicted molar refractivity (Wildman–Crippen MR) is 99.7 cm³/mol. The van der Waals surface area contributed by atoms with Crippen molar-refractivity contribution in [2.75, 3.05) is 26.7 Å². The number of nitrogens with zero attached hydrogens (tertiary/aromatic N) is 2. The second kappa shape index (κ2) is 10.2. The van der Waals surface area contributed by atoms with Gasteiger partial charge in [0.1, 0.15) is 11.9 Å². The van der Waals surface area contributed by atoms with E-state index in [4.69, 9.17) is 14.7 Å². The average molecular weight is 352 g/mol. The summed E-state index contributed by atoms with van der Waals surface area (Å²) in [6.07, 6.45) is 0.577. The summed E-state index contributed by atoms with van der Waals surface area (Å²) in [6.45, 7) is 3.14. The highest BCUT2D eigenvalue weighted by Crippen LogP contribution is 2.25. The summed E-state index contributed by atoms with van der Waals surface area (Å²) in [5.41, 5.74) is 1.67. The first-order valence-electron chi connectivity index (χ1n) is 8.68. The van der Waals surface area contributed by atoms with Gasteiger partial charge in [-0.15, -0.1) is 0 Å². The Hall–Kier alpha value is -2.84. The summed E-state index contributed by atoms with van der Waals surface area (Å²) in [4.78, 5) is 13.5. The van der Waals surface area contributed by atoms with Crippen molar-refractivity contribution in [3.8, 4) is 11.8 Å². The number of likely N-dealkylation sites (N-methyl/N-ethyl adjacent to an activating group) is 1. The standard InChI is InChI=1S/C21H24N2O3/c1-3-25-21(24)16-23(2)14-13-20(18-7-5-4-6-8-18)26-19-11-9-17(15-22)10-12-19/h4-12,20H,3,13-14,16H2,1-2H3. The quantitative estimate of drug-likeness (QED) is 0.646. The van der Waals surface area contributed by atoms with Gasteiger partial charge in [0.25, 0.3) is 0 Å². The molecule has 1 atom stereocenters. The minimum absolute atomic E-state index is 0.145. The van der Waals surface area contributed by atoms with Crippen LogP contribution in [0.25, 0.3) is 0 Å². The third-order valence-corrected chi connectivity index (χ3v) is 3.91. The van der Waals surface area contributed by atoms with Gasteiger partial charge in [0.2, 0.25) is 0 Å². The summed E-state index contributed by atoms with van der Waals surface area (Å²) < 4.78 is 11.1. The Morgan fingerprint density at radius 1 is 1.15 bits per heavy atom. The molecule has 0 aliphatic rings. The van der Waals surface area contributed by atoms with E-state index in [1.807, 2.05) is 42.3 Å². The van der Waals surface area contributed by atoms with Crippen molar-refractivity contribution >= 4 is 5.97 Å². The maximum absolute atomic E-state index is 11.6. The van der Waals surface area contributed by atoms with Crippen LogP contribution in [0.15, 0.2) is 54.6 Å². The van der Waals surface area contributed by atoms with E-state index in [9.17, 15) is 4.79 Å². The fraction of sp³-hybridized carbons (Fsp3) is 0.333. The van der Waals surface area contributed by atoms with E-state index in [0.717, 1.165) is 12.0 Å². The first-order valence-corrected chi connectivity index (χ1v) is 8.68. The van der Waals surface area contributed by atoms with E-state index in [1.54, 1.807) is 31.2 Å². The molecule has 2 aromatic rings. The smallest absolute Gasteiger partial charge is 0.320 e. The van der Waals surface area contributed by atoms with Crippen LogP contribution in [-0.2, 0) is 9.53 Å². The van der Waals surface area contributed by atoms with Gasteiger partial charge in [-0.05, 0) is 43.8 Å². The van der Waals surface area contributed by atoms with Gasteiger partial charge in [-0.1, -0.05) is 30.3 Å². The fourth-order valence-corrected chi connectivity index (χ4v) is 2.58. The molecule has 1 unspecified atom stereocenters. The molecule has 0 saturated carbocycles. The Labute approximate surface area is 154 Å². The number of hydrogen-bond acceptors (Lipinski definition) is 5. The monoisotopic (exact) mass is 352 g/mol. The van der Waals surface area contributed by atoms with Crippen LogP contribution >= 0.6 is 0 Å². The first kappa shape index (κ1) is 19.5. The van der Waals surface area contributed by atoms with E-state index in [0.29, 0.717) is 24.5 Å². The normalized spacial score (nSPS) is 11.6. The summed E-state index contributed by atoms with van der Waals surface area (Å²) >= 11 is 0. The second-order valence-electron chi connectivity index (χ2n) is 5.98. The average Bonchev–Trinajstić information content (AvgIpc) is 2.66. The Morgan fingerprint density at radius 2 is 1.85 bits per heavy atom. The van der Waals surface area contributed by atoms with Crippen molar-refractivity contribution in [1.29, 1.82) is 5.26 Å². The zero-order valence-corrected chi connectivity index (χ0v) is 15.2. The molecule has 5 heteroatoms. The molecule has 0 spiro atoms. The van der Waals surface area contributed by atoms with Gasteiger partial charge in [-0.3, -0.25) is 9.69 Å². The third kappa shape index (κ3) is 6.23. The van der Waals surface area contributed by atoms with Crippen LogP contribution in [0.3, 0.4) is 0 Å². The molecule has 0 aliphatic heterocycles. The maximum Gasteiger partial charge on any atom is 0.320 e. The van der Waals surface area contributed by atoms with Crippen molar-refractivity contribution in [2.45, 2.75) is 19.4 Å². The van der Waals surface area contributed by atoms with E-state index in [1.165, 1.54) is 0 Å². The van der Waals surface area contributed by atoms with Crippen molar-refractivity contribution < 1.29 is 14.3 Å². The van der Waals surface area contributed by atoms with Crippen LogP contribution in [0.1, 0.15) is 30.6 Å². The van der Waals surface area contributed by atoms with Crippen molar-refractivity contribution in [3.05, 3.63) is 65.7 Å². The fourth-order valence-electron chi connectivity index (χ4n) is 2.58. The SMILES string of the molecule is CCOC(=O)CN(C)CCC(Oc1ccc(C#N)cc1)c1ccccc1. The van der Waals surface area contributed by atoms with Crippen molar-refractivity contribution in [1.82, 2.24) is 4.90 Å². The largest absolute Gasteiger partial charge is 0.486 e. The van der Waals surface area contributed by atoms with Gasteiger partial charge in [-0.25, -0.2) is 0 Å². The maximum atomic E-state index is 11.6. The molecule has 0 aliphatic carbocycles. The highest BCUT2D eigenvalue weighted by atomic mass is 16.5. The molecule has 26 heavy (non-hydrogen) atoms. The number of hydrogen-bond donors (Lipinski definition) is 0. The predicted octanol–water partition coefficient (Wildman–Crippen LogP) is 3.56. The van der Waals surface area contributed by atoms with Crippen molar-refractivity contribution in [2.24, 2.45) is 0 Å². The Morgan fingerprint density at radius 3 is 2.46 bits per heavy atom. The topological polar surface area (TPSA) is 62.6 Å². The lowest BCUT2D eigenvalue weighted by Gasteiger charge is -2.23. The number of benzene rings is 2. The molecular weight excluding hydrogens is 328 g/mol. The van der Waals surface area contributed by atoms with E-state index >= 15 is 0 Å². The molecule has 0 heterocycles. The number of rotatable bonds is 9. The number of carbonyl (C=O) groups excluding carboxylic acids is 1. The minimum Gasteiger partial charge on any atom is -0.486 e. The second-order valence-corrected chi connectivity index (χ2v) is 5.98. The van der Waals surface area contributed by atoms with E-state index < -0.39 is 0 Å². The van der Waals surface area contributed by atoms with Gasteiger partial charge in [0, 0.05) is 13.0 Å². The lowest BCUT2D eigenvalue weighted by Crippen LogP contribution is -2.29. The Balaban J connectivity index is 2.02. The highest BCUT2D eigenvalue weighted by Gasteiger charge is 2.16. The lowest BCUT2D eigenvalue weighted by atomic mass is 10.1. The molecule has 0 saturated heterocycles. The molecule has 0 amide bonds. The van der Waals surface area contributed by atoms with Gasteiger partial charge >= 0.3 is 5.97 Å². The summed E-state index contributed by atoms with van der Waals surface area (Å²) in [6, 6.07) is 19.2. The Bertz CT molecular complexity index is 723. The summed E-state index contributed by atoms with van der Waals surface area (Å²) in [7, 11) is 1.89. The molecule has 0 bridgehead atoms. The molecule has 0 fully saturated rings. The summed E-state index contributed by atoms with van der Waals surface area (Å²) in [5, 5.41) is 8.91. The molecular formula is C21H24N2O3. The molecule has 0 N–H and O–H groups in total. The third-order valence-electron chi connectivity index (χ3n) is 3.91.